The number of hydrogen-bond donors (Lipinski definition) is 0. The van der Waals surface area contributed by atoms with Crippen molar-refractivity contribution in [1.82, 2.24) is 20.2 Å². The highest BCUT2D eigenvalue weighted by atomic mass is 16.5. The van der Waals surface area contributed by atoms with Crippen molar-refractivity contribution in [3.8, 4) is 0 Å². The molecule has 3 heterocycles. The average Bonchev–Trinajstić information content (AvgIpc) is 3.19. The lowest BCUT2D eigenvalue weighted by Gasteiger charge is -2.22. The van der Waals surface area contributed by atoms with Gasteiger partial charge in [0.05, 0.1) is 11.7 Å². The monoisotopic (exact) mass is 304 g/mol. The van der Waals surface area contributed by atoms with E-state index < -0.39 is 0 Å². The first-order chi connectivity index (χ1) is 10.6. The van der Waals surface area contributed by atoms with Crippen molar-refractivity contribution in [2.45, 2.75) is 52.0 Å². The SMILES string of the molecule is Cc1cc(C2CCCN2C(=O)CCCc2nc(C)no2)on1. The van der Waals surface area contributed by atoms with E-state index in [4.69, 9.17) is 9.05 Å². The Labute approximate surface area is 128 Å². The quantitative estimate of drug-likeness (QED) is 0.843. The van der Waals surface area contributed by atoms with E-state index in [0.717, 1.165) is 30.8 Å². The van der Waals surface area contributed by atoms with Crippen molar-refractivity contribution in [3.63, 3.8) is 0 Å². The van der Waals surface area contributed by atoms with E-state index in [0.29, 0.717) is 31.0 Å². The molecule has 2 aromatic heterocycles. The Hall–Kier alpha value is -2.18. The lowest BCUT2D eigenvalue weighted by Crippen LogP contribution is -2.30. The van der Waals surface area contributed by atoms with Gasteiger partial charge in [-0.15, -0.1) is 0 Å². The molecule has 0 aliphatic carbocycles. The van der Waals surface area contributed by atoms with Crippen molar-refractivity contribution in [1.29, 1.82) is 0 Å². The Balaban J connectivity index is 1.54. The first kappa shape index (κ1) is 14.7. The molecule has 118 valence electrons. The van der Waals surface area contributed by atoms with Crippen LogP contribution in [0.2, 0.25) is 0 Å². The number of likely N-dealkylation sites (tertiary alicyclic amines) is 1. The van der Waals surface area contributed by atoms with Crippen LogP contribution in [0.15, 0.2) is 15.1 Å². The minimum Gasteiger partial charge on any atom is -0.359 e. The van der Waals surface area contributed by atoms with Gasteiger partial charge >= 0.3 is 0 Å². The maximum absolute atomic E-state index is 12.4. The van der Waals surface area contributed by atoms with Crippen LogP contribution in [-0.4, -0.2) is 32.6 Å². The van der Waals surface area contributed by atoms with Crippen molar-refractivity contribution in [2.75, 3.05) is 6.54 Å². The molecule has 1 saturated heterocycles. The summed E-state index contributed by atoms with van der Waals surface area (Å²) < 4.78 is 10.4. The molecule has 7 nitrogen and oxygen atoms in total. The Bertz CT molecular complexity index is 649. The van der Waals surface area contributed by atoms with Gasteiger partial charge in [0.15, 0.2) is 11.6 Å². The van der Waals surface area contributed by atoms with Crippen LogP contribution in [0, 0.1) is 13.8 Å². The summed E-state index contributed by atoms with van der Waals surface area (Å²) in [5, 5.41) is 7.66. The molecule has 0 N–H and O–H groups in total. The Kier molecular flexibility index (Phi) is 4.22. The van der Waals surface area contributed by atoms with Gasteiger partial charge in [0, 0.05) is 25.5 Å². The van der Waals surface area contributed by atoms with E-state index in [-0.39, 0.29) is 11.9 Å². The highest BCUT2D eigenvalue weighted by molar-refractivity contribution is 5.76. The lowest BCUT2D eigenvalue weighted by molar-refractivity contribution is -0.132. The summed E-state index contributed by atoms with van der Waals surface area (Å²) in [6, 6.07) is 1.94. The van der Waals surface area contributed by atoms with Gasteiger partial charge in [0.2, 0.25) is 11.8 Å². The second-order valence-corrected chi connectivity index (χ2v) is 5.70. The highest BCUT2D eigenvalue weighted by Crippen LogP contribution is 2.32. The molecule has 0 spiro atoms. The Morgan fingerprint density at radius 1 is 1.36 bits per heavy atom. The standard InChI is InChI=1S/C15H20N4O3/c1-10-9-13(21-17-10)12-5-4-8-19(12)15(20)7-3-6-14-16-11(2)18-22-14/h9,12H,3-8H2,1-2H3. The van der Waals surface area contributed by atoms with E-state index >= 15 is 0 Å². The predicted molar refractivity (Wildman–Crippen MR) is 76.9 cm³/mol. The Morgan fingerprint density at radius 3 is 2.91 bits per heavy atom. The molecule has 1 atom stereocenters. The van der Waals surface area contributed by atoms with E-state index in [9.17, 15) is 4.79 Å². The van der Waals surface area contributed by atoms with Crippen LogP contribution in [0.3, 0.4) is 0 Å². The first-order valence-corrected chi connectivity index (χ1v) is 7.65. The molecule has 0 radical (unpaired) electrons. The molecule has 1 amide bonds. The second kappa shape index (κ2) is 6.29. The summed E-state index contributed by atoms with van der Waals surface area (Å²) in [5.41, 5.74) is 0.848. The second-order valence-electron chi connectivity index (χ2n) is 5.70. The summed E-state index contributed by atoms with van der Waals surface area (Å²) in [4.78, 5) is 18.5. The van der Waals surface area contributed by atoms with Crippen LogP contribution in [0.25, 0.3) is 0 Å². The molecule has 7 heteroatoms. The van der Waals surface area contributed by atoms with Gasteiger partial charge in [0.25, 0.3) is 0 Å². The zero-order valence-corrected chi connectivity index (χ0v) is 12.9. The van der Waals surface area contributed by atoms with Crippen molar-refractivity contribution >= 4 is 5.91 Å². The third-order valence-corrected chi connectivity index (χ3v) is 3.90. The highest BCUT2D eigenvalue weighted by Gasteiger charge is 2.32. The number of amides is 1. The molecule has 1 unspecified atom stereocenters. The number of carbonyl (C=O) groups excluding carboxylic acids is 1. The summed E-state index contributed by atoms with van der Waals surface area (Å²) >= 11 is 0. The fourth-order valence-electron chi connectivity index (χ4n) is 2.88. The van der Waals surface area contributed by atoms with Gasteiger partial charge in [-0.25, -0.2) is 0 Å². The molecule has 0 saturated carbocycles. The molecule has 1 aliphatic rings. The maximum atomic E-state index is 12.4. The summed E-state index contributed by atoms with van der Waals surface area (Å²) in [6.45, 7) is 4.45. The predicted octanol–water partition coefficient (Wildman–Crippen LogP) is 2.36. The first-order valence-electron chi connectivity index (χ1n) is 7.65. The molecule has 2 aromatic rings. The number of rotatable bonds is 5. The zero-order valence-electron chi connectivity index (χ0n) is 12.9. The molecule has 3 rings (SSSR count). The number of carbonyl (C=O) groups is 1. The molecular formula is C15H20N4O3. The maximum Gasteiger partial charge on any atom is 0.226 e. The molecule has 1 aliphatic heterocycles. The van der Waals surface area contributed by atoms with Crippen LogP contribution in [0.5, 0.6) is 0 Å². The van der Waals surface area contributed by atoms with E-state index in [2.05, 4.69) is 15.3 Å². The Morgan fingerprint density at radius 2 is 2.23 bits per heavy atom. The molecular weight excluding hydrogens is 284 g/mol. The van der Waals surface area contributed by atoms with Gasteiger partial charge in [0.1, 0.15) is 0 Å². The van der Waals surface area contributed by atoms with Crippen molar-refractivity contribution in [3.05, 3.63) is 29.2 Å². The van der Waals surface area contributed by atoms with Crippen LogP contribution < -0.4 is 0 Å². The topological polar surface area (TPSA) is 85.3 Å². The smallest absolute Gasteiger partial charge is 0.226 e. The van der Waals surface area contributed by atoms with Crippen LogP contribution in [0.1, 0.15) is 54.9 Å². The summed E-state index contributed by atoms with van der Waals surface area (Å²) in [7, 11) is 0. The van der Waals surface area contributed by atoms with Crippen LogP contribution in [-0.2, 0) is 11.2 Å². The molecule has 0 bridgehead atoms. The third kappa shape index (κ3) is 3.18. The zero-order chi connectivity index (χ0) is 15.5. The normalized spacial score (nSPS) is 18.1. The fraction of sp³-hybridized carbons (Fsp3) is 0.600. The number of hydrogen-bond acceptors (Lipinski definition) is 6. The van der Waals surface area contributed by atoms with Crippen molar-refractivity contribution in [2.24, 2.45) is 0 Å². The lowest BCUT2D eigenvalue weighted by atomic mass is 10.1. The summed E-state index contributed by atoms with van der Waals surface area (Å²) in [5.74, 6) is 2.15. The van der Waals surface area contributed by atoms with E-state index in [1.807, 2.05) is 17.9 Å². The molecule has 0 aromatic carbocycles. The molecule has 22 heavy (non-hydrogen) atoms. The van der Waals surface area contributed by atoms with E-state index in [1.165, 1.54) is 0 Å². The number of nitrogens with zero attached hydrogens (tertiary/aromatic N) is 4. The van der Waals surface area contributed by atoms with Gasteiger partial charge < -0.3 is 13.9 Å². The van der Waals surface area contributed by atoms with Gasteiger partial charge in [-0.05, 0) is 33.1 Å². The minimum atomic E-state index is 0.0272. The average molecular weight is 304 g/mol. The third-order valence-electron chi connectivity index (χ3n) is 3.90. The van der Waals surface area contributed by atoms with Crippen LogP contribution >= 0.6 is 0 Å². The van der Waals surface area contributed by atoms with Crippen molar-refractivity contribution < 1.29 is 13.8 Å². The van der Waals surface area contributed by atoms with Gasteiger partial charge in [-0.2, -0.15) is 4.98 Å². The number of aryl methyl sites for hydroxylation is 3. The van der Waals surface area contributed by atoms with Gasteiger partial charge in [-0.3, -0.25) is 4.79 Å². The minimum absolute atomic E-state index is 0.0272. The summed E-state index contributed by atoms with van der Waals surface area (Å²) in [6.07, 6.45) is 3.75. The largest absolute Gasteiger partial charge is 0.359 e. The van der Waals surface area contributed by atoms with Crippen LogP contribution in [0.4, 0.5) is 0 Å². The van der Waals surface area contributed by atoms with Gasteiger partial charge in [-0.1, -0.05) is 10.3 Å². The molecule has 1 fully saturated rings. The van der Waals surface area contributed by atoms with E-state index in [1.54, 1.807) is 6.92 Å². The number of aromatic nitrogens is 3. The fourth-order valence-corrected chi connectivity index (χ4v) is 2.88.